The molecule has 1 saturated heterocycles. The Morgan fingerprint density at radius 1 is 0.896 bits per heavy atom. The van der Waals surface area contributed by atoms with Gasteiger partial charge in [-0.05, 0) is 85.5 Å². The van der Waals surface area contributed by atoms with Gasteiger partial charge in [-0.3, -0.25) is 19.2 Å². The van der Waals surface area contributed by atoms with E-state index in [1.165, 1.54) is 0 Å². The maximum absolute atomic E-state index is 14.5. The topological polar surface area (TPSA) is 104 Å². The van der Waals surface area contributed by atoms with Crippen LogP contribution in [0.25, 0.3) is 11.1 Å². The van der Waals surface area contributed by atoms with Gasteiger partial charge in [-0.2, -0.15) is 0 Å². The lowest BCUT2D eigenvalue weighted by molar-refractivity contribution is -0.156. The molecule has 1 amide bonds. The average molecular weight is 659 g/mol. The molecule has 8 heteroatoms. The van der Waals surface area contributed by atoms with Crippen LogP contribution in [0.3, 0.4) is 0 Å². The lowest BCUT2D eigenvalue weighted by atomic mass is 9.77. The number of ether oxygens (including phenoxy) is 1. The van der Waals surface area contributed by atoms with Gasteiger partial charge >= 0.3 is 5.97 Å². The number of amides is 1. The number of aliphatic hydroxyl groups is 1. The number of ketones is 2. The van der Waals surface area contributed by atoms with Crippen molar-refractivity contribution < 1.29 is 29.0 Å². The Hall–Kier alpha value is -3.52. The molecule has 5 rings (SSSR count). The van der Waals surface area contributed by atoms with Gasteiger partial charge in [-0.1, -0.05) is 76.6 Å². The first-order chi connectivity index (χ1) is 22.9. The number of rotatable bonds is 15. The van der Waals surface area contributed by atoms with Crippen LogP contribution >= 0.6 is 0 Å². The molecule has 1 heterocycles. The third-order valence-corrected chi connectivity index (χ3v) is 10.5. The third-order valence-electron chi connectivity index (χ3n) is 10.5. The summed E-state index contributed by atoms with van der Waals surface area (Å²) >= 11 is 0. The lowest BCUT2D eigenvalue weighted by Crippen LogP contribution is -2.48. The van der Waals surface area contributed by atoms with Gasteiger partial charge in [0.25, 0.3) is 0 Å². The molecule has 1 unspecified atom stereocenters. The van der Waals surface area contributed by atoms with Crippen molar-refractivity contribution in [3.8, 4) is 11.1 Å². The van der Waals surface area contributed by atoms with Crippen LogP contribution in [-0.4, -0.2) is 64.9 Å². The fraction of sp³-hybridized carbons (Fsp3) is 0.600. The molecule has 1 aliphatic heterocycles. The molecule has 2 aromatic rings. The first-order valence-corrected chi connectivity index (χ1v) is 18.1. The molecule has 2 aromatic carbocycles. The molecule has 0 radical (unpaired) electrons. The molecule has 2 saturated carbocycles. The predicted molar refractivity (Wildman–Crippen MR) is 187 cm³/mol. The van der Waals surface area contributed by atoms with E-state index in [1.54, 1.807) is 4.90 Å². The average Bonchev–Trinajstić information content (AvgIpc) is 3.52. The molecule has 48 heavy (non-hydrogen) atoms. The number of aliphatic hydroxyl groups excluding tert-OH is 1. The van der Waals surface area contributed by atoms with Crippen LogP contribution in [0.2, 0.25) is 0 Å². The second-order valence-corrected chi connectivity index (χ2v) is 15.4. The van der Waals surface area contributed by atoms with Crippen molar-refractivity contribution in [2.75, 3.05) is 18.1 Å². The minimum absolute atomic E-state index is 0.0184. The van der Waals surface area contributed by atoms with Crippen molar-refractivity contribution >= 4 is 29.1 Å². The Morgan fingerprint density at radius 2 is 1.54 bits per heavy atom. The van der Waals surface area contributed by atoms with Gasteiger partial charge < -0.3 is 19.6 Å². The SMILES string of the molecule is CCC[C@H](CC(=O)[C@@H]1CN(c2ccc(-c3ccccc3)cc2)CN1C(=O)[C@@H](CC(=O)OC1CCCC1)C(C)(C)C)C(O)C(=O)CC1CC1. The fourth-order valence-electron chi connectivity index (χ4n) is 7.33. The van der Waals surface area contributed by atoms with E-state index >= 15 is 0 Å². The highest BCUT2D eigenvalue weighted by Crippen LogP contribution is 2.37. The molecule has 0 bridgehead atoms. The van der Waals surface area contributed by atoms with E-state index in [4.69, 9.17) is 4.74 Å². The first kappa shape index (κ1) is 35.8. The molecule has 0 spiro atoms. The lowest BCUT2D eigenvalue weighted by Gasteiger charge is -2.34. The van der Waals surface area contributed by atoms with E-state index in [9.17, 15) is 24.3 Å². The number of hydrogen-bond donors (Lipinski definition) is 1. The number of carbonyl (C=O) groups is 4. The van der Waals surface area contributed by atoms with Crippen LogP contribution in [0.5, 0.6) is 0 Å². The number of esters is 1. The van der Waals surface area contributed by atoms with Crippen molar-refractivity contribution in [2.45, 2.75) is 117 Å². The summed E-state index contributed by atoms with van der Waals surface area (Å²) in [5.74, 6) is -1.79. The number of anilines is 1. The van der Waals surface area contributed by atoms with E-state index in [1.807, 2.05) is 75.1 Å². The maximum atomic E-state index is 14.5. The Kier molecular flexibility index (Phi) is 11.8. The number of Topliss-reactive ketones (excluding diaryl/α,β-unsaturated/α-hetero) is 2. The van der Waals surface area contributed by atoms with Crippen molar-refractivity contribution in [1.82, 2.24) is 4.90 Å². The van der Waals surface area contributed by atoms with Gasteiger partial charge in [-0.15, -0.1) is 0 Å². The molecule has 1 N–H and O–H groups in total. The Balaban J connectivity index is 1.38. The molecule has 4 atom stereocenters. The van der Waals surface area contributed by atoms with Crippen molar-refractivity contribution in [3.05, 3.63) is 54.6 Å². The molecule has 3 fully saturated rings. The van der Waals surface area contributed by atoms with Crippen molar-refractivity contribution in [1.29, 1.82) is 0 Å². The first-order valence-electron chi connectivity index (χ1n) is 18.1. The summed E-state index contributed by atoms with van der Waals surface area (Å²) in [5.41, 5.74) is 2.50. The van der Waals surface area contributed by atoms with E-state index in [0.717, 1.165) is 61.8 Å². The molecule has 8 nitrogen and oxygen atoms in total. The monoisotopic (exact) mass is 658 g/mol. The Labute approximate surface area is 286 Å². The van der Waals surface area contributed by atoms with E-state index in [2.05, 4.69) is 12.1 Å². The van der Waals surface area contributed by atoms with Gasteiger partial charge in [0, 0.05) is 25.1 Å². The second-order valence-electron chi connectivity index (χ2n) is 15.4. The zero-order valence-electron chi connectivity index (χ0n) is 29.2. The quantitative estimate of drug-likeness (QED) is 0.206. The summed E-state index contributed by atoms with van der Waals surface area (Å²) < 4.78 is 5.78. The second kappa shape index (κ2) is 15.8. The van der Waals surface area contributed by atoms with Crippen LogP contribution in [0, 0.1) is 23.2 Å². The zero-order chi connectivity index (χ0) is 34.4. The normalized spacial score (nSPS) is 20.4. The fourth-order valence-corrected chi connectivity index (χ4v) is 7.33. The summed E-state index contributed by atoms with van der Waals surface area (Å²) in [5, 5.41) is 11.1. The summed E-state index contributed by atoms with van der Waals surface area (Å²) in [6.07, 6.45) is 6.16. The van der Waals surface area contributed by atoms with Gasteiger partial charge in [0.05, 0.1) is 19.0 Å². The summed E-state index contributed by atoms with van der Waals surface area (Å²) in [6, 6.07) is 17.4. The summed E-state index contributed by atoms with van der Waals surface area (Å²) in [4.78, 5) is 58.4. The largest absolute Gasteiger partial charge is 0.462 e. The number of benzene rings is 2. The number of nitrogens with zero attached hydrogens (tertiary/aromatic N) is 2. The van der Waals surface area contributed by atoms with E-state index in [0.29, 0.717) is 25.3 Å². The molecule has 0 aromatic heterocycles. The minimum atomic E-state index is -1.19. The van der Waals surface area contributed by atoms with Crippen LogP contribution in [0.4, 0.5) is 5.69 Å². The standard InChI is InChI=1S/C40H54N2O6/c1-5-11-30(38(46)36(44)22-27-16-17-27)23-35(43)34-25-41(31-20-18-29(19-21-31)28-12-7-6-8-13-28)26-42(34)39(47)33(40(2,3)4)24-37(45)48-32-14-9-10-15-32/h6-8,12-13,18-21,27,30,32-34,38,46H,5,9-11,14-17,22-26H2,1-4H3/t30-,33-,34+,38?/m1/s1. The molecular weight excluding hydrogens is 604 g/mol. The highest BCUT2D eigenvalue weighted by atomic mass is 16.5. The number of hydrogen-bond acceptors (Lipinski definition) is 7. The predicted octanol–water partition coefficient (Wildman–Crippen LogP) is 6.97. The van der Waals surface area contributed by atoms with Gasteiger partial charge in [0.2, 0.25) is 5.91 Å². The van der Waals surface area contributed by atoms with Gasteiger partial charge in [-0.25, -0.2) is 0 Å². The van der Waals surface area contributed by atoms with Crippen LogP contribution in [0.1, 0.15) is 98.3 Å². The zero-order valence-corrected chi connectivity index (χ0v) is 29.2. The Morgan fingerprint density at radius 3 is 2.15 bits per heavy atom. The minimum Gasteiger partial charge on any atom is -0.462 e. The highest BCUT2D eigenvalue weighted by molar-refractivity contribution is 5.94. The molecule has 3 aliphatic rings. The van der Waals surface area contributed by atoms with Crippen LogP contribution < -0.4 is 4.90 Å². The third kappa shape index (κ3) is 9.13. The molecular formula is C40H54N2O6. The van der Waals surface area contributed by atoms with Gasteiger partial charge in [0.15, 0.2) is 11.6 Å². The number of carbonyl (C=O) groups excluding carboxylic acids is 4. The smallest absolute Gasteiger partial charge is 0.306 e. The Bertz CT molecular complexity index is 1410. The van der Waals surface area contributed by atoms with E-state index < -0.39 is 29.4 Å². The van der Waals surface area contributed by atoms with E-state index in [-0.39, 0.29) is 49.1 Å². The highest BCUT2D eigenvalue weighted by Gasteiger charge is 2.45. The van der Waals surface area contributed by atoms with Crippen molar-refractivity contribution in [3.63, 3.8) is 0 Å². The maximum Gasteiger partial charge on any atom is 0.306 e. The molecule has 2 aliphatic carbocycles. The van der Waals surface area contributed by atoms with Crippen LogP contribution in [0.15, 0.2) is 54.6 Å². The van der Waals surface area contributed by atoms with Crippen LogP contribution in [-0.2, 0) is 23.9 Å². The molecule has 260 valence electrons. The van der Waals surface area contributed by atoms with Crippen molar-refractivity contribution in [2.24, 2.45) is 23.2 Å². The summed E-state index contributed by atoms with van der Waals surface area (Å²) in [7, 11) is 0. The summed E-state index contributed by atoms with van der Waals surface area (Å²) in [6.45, 7) is 8.33. The van der Waals surface area contributed by atoms with Gasteiger partial charge in [0.1, 0.15) is 18.2 Å².